The number of imidazole rings is 1. The molecule has 1 fully saturated rings. The zero-order valence-corrected chi connectivity index (χ0v) is 10.6. The van der Waals surface area contributed by atoms with Crippen molar-refractivity contribution < 1.29 is 20.1 Å². The van der Waals surface area contributed by atoms with E-state index in [1.54, 1.807) is 0 Å². The van der Waals surface area contributed by atoms with Crippen molar-refractivity contribution in [1.29, 1.82) is 0 Å². The Balaban J connectivity index is 2.04. The fourth-order valence-electron chi connectivity index (χ4n) is 2.14. The Labute approximate surface area is 113 Å². The second-order valence-electron chi connectivity index (χ2n) is 4.25. The molecule has 1 aliphatic heterocycles. The Kier molecular flexibility index (Phi) is 3.15. The normalized spacial score (nSPS) is 31.2. The number of ether oxygens (including phenoxy) is 1. The molecule has 2 aromatic heterocycles. The van der Waals surface area contributed by atoms with Crippen LogP contribution in [0.4, 0.5) is 0 Å². The zero-order chi connectivity index (χ0) is 13.6. The second-order valence-corrected chi connectivity index (χ2v) is 4.67. The van der Waals surface area contributed by atoms with Gasteiger partial charge >= 0.3 is 0 Å². The molecule has 1 saturated heterocycles. The summed E-state index contributed by atoms with van der Waals surface area (Å²) in [4.78, 5) is 12.1. The third-order valence-electron chi connectivity index (χ3n) is 3.13. The van der Waals surface area contributed by atoms with Gasteiger partial charge in [0.1, 0.15) is 35.2 Å². The molecule has 0 amide bonds. The van der Waals surface area contributed by atoms with E-state index in [0.29, 0.717) is 16.2 Å². The molecule has 19 heavy (non-hydrogen) atoms. The predicted molar refractivity (Wildman–Crippen MR) is 65.6 cm³/mol. The van der Waals surface area contributed by atoms with Gasteiger partial charge in [-0.1, -0.05) is 0 Å². The van der Waals surface area contributed by atoms with Crippen molar-refractivity contribution in [1.82, 2.24) is 19.5 Å². The number of hydrogen-bond acceptors (Lipinski definition) is 8. The summed E-state index contributed by atoms with van der Waals surface area (Å²) in [7, 11) is 0. The quantitative estimate of drug-likeness (QED) is 0.401. The first-order valence-electron chi connectivity index (χ1n) is 5.62. The van der Waals surface area contributed by atoms with E-state index < -0.39 is 24.5 Å². The van der Waals surface area contributed by atoms with E-state index in [1.807, 2.05) is 0 Å². The Morgan fingerprint density at radius 2 is 2.05 bits per heavy atom. The first-order valence-corrected chi connectivity index (χ1v) is 6.07. The van der Waals surface area contributed by atoms with E-state index >= 15 is 0 Å². The second kappa shape index (κ2) is 4.69. The topological polar surface area (TPSA) is 114 Å². The van der Waals surface area contributed by atoms with Crippen molar-refractivity contribution in [2.45, 2.75) is 29.6 Å². The van der Waals surface area contributed by atoms with E-state index in [0.717, 1.165) is 0 Å². The molecule has 3 heterocycles. The van der Waals surface area contributed by atoms with Crippen LogP contribution in [0.3, 0.4) is 0 Å². The van der Waals surface area contributed by atoms with Crippen molar-refractivity contribution in [3.63, 3.8) is 0 Å². The number of thiol groups is 1. The van der Waals surface area contributed by atoms with Crippen molar-refractivity contribution in [3.8, 4) is 0 Å². The zero-order valence-electron chi connectivity index (χ0n) is 9.66. The molecule has 0 aromatic carbocycles. The van der Waals surface area contributed by atoms with E-state index in [9.17, 15) is 10.2 Å². The Hall–Kier alpha value is -1.26. The summed E-state index contributed by atoms with van der Waals surface area (Å²) in [6.07, 6.45) is -1.28. The van der Waals surface area contributed by atoms with Gasteiger partial charge in [0.2, 0.25) is 0 Å². The van der Waals surface area contributed by atoms with E-state index in [-0.39, 0.29) is 6.61 Å². The monoisotopic (exact) mass is 284 g/mol. The van der Waals surface area contributed by atoms with Crippen molar-refractivity contribution >= 4 is 23.8 Å². The van der Waals surface area contributed by atoms with Crippen LogP contribution in [0.15, 0.2) is 17.7 Å². The summed E-state index contributed by atoms with van der Waals surface area (Å²) in [5.74, 6) is 0. The number of aliphatic hydroxyl groups excluding tert-OH is 3. The van der Waals surface area contributed by atoms with Crippen molar-refractivity contribution in [3.05, 3.63) is 12.7 Å². The molecule has 0 saturated carbocycles. The maximum absolute atomic E-state index is 9.96. The lowest BCUT2D eigenvalue weighted by molar-refractivity contribution is -0.0511. The van der Waals surface area contributed by atoms with Crippen LogP contribution >= 0.6 is 12.6 Å². The average molecular weight is 284 g/mol. The third-order valence-corrected chi connectivity index (χ3v) is 3.46. The number of aliphatic hydroxyl groups is 3. The first-order chi connectivity index (χ1) is 9.13. The molecule has 1 aliphatic rings. The summed E-state index contributed by atoms with van der Waals surface area (Å²) in [5, 5.41) is 29.2. The number of hydrogen-bond donors (Lipinski definition) is 4. The lowest BCUT2D eigenvalue weighted by Crippen LogP contribution is -2.33. The molecule has 0 radical (unpaired) electrons. The molecular weight excluding hydrogens is 272 g/mol. The SMILES string of the molecule is OC[C@H]1O[C@@H](n2cnc3c(S)ncnc32)[C@@H](O)C1O. The largest absolute Gasteiger partial charge is 0.394 e. The van der Waals surface area contributed by atoms with E-state index in [2.05, 4.69) is 27.6 Å². The van der Waals surface area contributed by atoms with Crippen LogP contribution in [-0.2, 0) is 4.74 Å². The fraction of sp³-hybridized carbons (Fsp3) is 0.500. The Morgan fingerprint density at radius 1 is 1.26 bits per heavy atom. The van der Waals surface area contributed by atoms with Gasteiger partial charge < -0.3 is 20.1 Å². The number of nitrogens with zero attached hydrogens (tertiary/aromatic N) is 4. The maximum atomic E-state index is 9.96. The van der Waals surface area contributed by atoms with Crippen LogP contribution in [0, 0.1) is 0 Å². The van der Waals surface area contributed by atoms with Crippen LogP contribution in [0.1, 0.15) is 6.23 Å². The van der Waals surface area contributed by atoms with Crippen molar-refractivity contribution in [2.24, 2.45) is 0 Å². The van der Waals surface area contributed by atoms with Crippen LogP contribution in [-0.4, -0.2) is 59.8 Å². The summed E-state index contributed by atoms with van der Waals surface area (Å²) < 4.78 is 6.90. The Morgan fingerprint density at radius 3 is 2.74 bits per heavy atom. The summed E-state index contributed by atoms with van der Waals surface area (Å²) >= 11 is 4.16. The van der Waals surface area contributed by atoms with Crippen LogP contribution in [0.2, 0.25) is 0 Å². The third kappa shape index (κ3) is 1.90. The van der Waals surface area contributed by atoms with Gasteiger partial charge in [-0.3, -0.25) is 4.57 Å². The molecule has 3 N–H and O–H groups in total. The van der Waals surface area contributed by atoms with Gasteiger partial charge in [0, 0.05) is 0 Å². The van der Waals surface area contributed by atoms with Gasteiger partial charge in [-0.25, -0.2) is 15.0 Å². The van der Waals surface area contributed by atoms with Gasteiger partial charge in [0.15, 0.2) is 11.9 Å². The summed E-state index contributed by atoms with van der Waals surface area (Å²) in [6.45, 7) is -0.381. The van der Waals surface area contributed by atoms with E-state index in [1.165, 1.54) is 17.2 Å². The summed E-state index contributed by atoms with van der Waals surface area (Å²) in [5.41, 5.74) is 0.915. The molecule has 3 rings (SSSR count). The number of fused-ring (bicyclic) bond motifs is 1. The summed E-state index contributed by atoms with van der Waals surface area (Å²) in [6, 6.07) is 0. The minimum atomic E-state index is -1.17. The Bertz CT molecular complexity index is 606. The molecule has 2 aromatic rings. The standard InChI is InChI=1S/C10H12N4O4S/c15-1-4-6(16)7(17)10(18-4)14-3-13-5-8(14)11-2-12-9(5)19/h2-4,6-7,10,15-17H,1H2,(H,11,12,19)/t4-,6?,7+,10-/m1/s1. The molecule has 9 heteroatoms. The van der Waals surface area contributed by atoms with Crippen LogP contribution < -0.4 is 0 Å². The van der Waals surface area contributed by atoms with Crippen molar-refractivity contribution in [2.75, 3.05) is 6.61 Å². The van der Waals surface area contributed by atoms with Gasteiger partial charge in [-0.15, -0.1) is 12.6 Å². The average Bonchev–Trinajstić information content (AvgIpc) is 2.94. The van der Waals surface area contributed by atoms with Gasteiger partial charge in [0.25, 0.3) is 0 Å². The van der Waals surface area contributed by atoms with Gasteiger partial charge in [0.05, 0.1) is 12.9 Å². The maximum Gasteiger partial charge on any atom is 0.166 e. The molecule has 102 valence electrons. The number of rotatable bonds is 2. The molecule has 0 bridgehead atoms. The molecule has 0 aliphatic carbocycles. The smallest absolute Gasteiger partial charge is 0.166 e. The highest BCUT2D eigenvalue weighted by molar-refractivity contribution is 7.80. The van der Waals surface area contributed by atoms with Crippen LogP contribution in [0.5, 0.6) is 0 Å². The molecule has 1 unspecified atom stereocenters. The van der Waals surface area contributed by atoms with Gasteiger partial charge in [-0.2, -0.15) is 0 Å². The minimum Gasteiger partial charge on any atom is -0.394 e. The lowest BCUT2D eigenvalue weighted by Gasteiger charge is -2.16. The van der Waals surface area contributed by atoms with Crippen LogP contribution in [0.25, 0.3) is 11.2 Å². The minimum absolute atomic E-state index is 0.381. The molecule has 8 nitrogen and oxygen atoms in total. The molecule has 0 spiro atoms. The number of aromatic nitrogens is 4. The van der Waals surface area contributed by atoms with E-state index in [4.69, 9.17) is 9.84 Å². The highest BCUT2D eigenvalue weighted by Crippen LogP contribution is 2.31. The first kappa shape index (κ1) is 12.8. The fourth-order valence-corrected chi connectivity index (χ4v) is 2.35. The molecular formula is C10H12N4O4S. The van der Waals surface area contributed by atoms with Gasteiger partial charge in [-0.05, 0) is 0 Å². The lowest BCUT2D eigenvalue weighted by atomic mass is 10.1. The predicted octanol–water partition coefficient (Wildman–Crippen LogP) is -1.27. The highest BCUT2D eigenvalue weighted by Gasteiger charge is 2.43. The molecule has 4 atom stereocenters. The highest BCUT2D eigenvalue weighted by atomic mass is 32.1.